The minimum atomic E-state index is -0.529. The fourth-order valence-corrected chi connectivity index (χ4v) is 3.63. The Kier molecular flexibility index (Phi) is 5.86. The van der Waals surface area contributed by atoms with Crippen molar-refractivity contribution in [2.75, 3.05) is 25.6 Å². The minimum absolute atomic E-state index is 0.278. The van der Waals surface area contributed by atoms with E-state index in [-0.39, 0.29) is 6.03 Å². The first-order valence-electron chi connectivity index (χ1n) is 9.30. The highest BCUT2D eigenvalue weighted by molar-refractivity contribution is 5.91. The number of benzene rings is 2. The molecule has 146 valence electrons. The molecule has 1 fully saturated rings. The predicted octanol–water partition coefficient (Wildman–Crippen LogP) is 4.01. The maximum Gasteiger partial charge on any atom is 0.319 e. The van der Waals surface area contributed by atoms with Crippen LogP contribution in [0.1, 0.15) is 35.1 Å². The number of anilines is 1. The van der Waals surface area contributed by atoms with Crippen molar-refractivity contribution in [3.05, 3.63) is 58.7 Å². The van der Waals surface area contributed by atoms with Crippen LogP contribution >= 0.6 is 0 Å². The maximum atomic E-state index is 12.9. The van der Waals surface area contributed by atoms with Crippen LogP contribution in [0, 0.1) is 25.2 Å². The summed E-state index contributed by atoms with van der Waals surface area (Å²) in [5, 5.41) is 15.2. The van der Waals surface area contributed by atoms with Gasteiger partial charge >= 0.3 is 6.03 Å². The molecule has 2 N–H and O–H groups in total. The summed E-state index contributed by atoms with van der Waals surface area (Å²) >= 11 is 0. The smallest absolute Gasteiger partial charge is 0.319 e. The molecule has 2 aromatic rings. The van der Waals surface area contributed by atoms with Gasteiger partial charge in [-0.2, -0.15) is 5.26 Å². The molecule has 1 heterocycles. The average Bonchev–Trinajstić information content (AvgIpc) is 2.70. The Bertz CT molecular complexity index is 894. The lowest BCUT2D eigenvalue weighted by atomic mass is 9.82. The van der Waals surface area contributed by atoms with E-state index in [1.54, 1.807) is 19.2 Å². The number of hydrogen-bond donors (Lipinski definition) is 2. The van der Waals surface area contributed by atoms with E-state index in [1.165, 1.54) is 0 Å². The van der Waals surface area contributed by atoms with Crippen molar-refractivity contribution < 1.29 is 14.3 Å². The quantitative estimate of drug-likeness (QED) is 0.841. The van der Waals surface area contributed by atoms with Crippen LogP contribution in [-0.4, -0.2) is 26.4 Å². The molecule has 3 rings (SSSR count). The van der Waals surface area contributed by atoms with E-state index in [9.17, 15) is 4.79 Å². The molecule has 0 spiro atoms. The summed E-state index contributed by atoms with van der Waals surface area (Å²) in [5.41, 5.74) is 3.74. The second-order valence-corrected chi connectivity index (χ2v) is 7.10. The van der Waals surface area contributed by atoms with Gasteiger partial charge in [-0.05, 0) is 55.5 Å². The van der Waals surface area contributed by atoms with Gasteiger partial charge in [-0.25, -0.2) is 4.79 Å². The molecule has 1 saturated heterocycles. The molecule has 0 aliphatic carbocycles. The number of aryl methyl sites for hydroxylation is 2. The van der Waals surface area contributed by atoms with Crippen LogP contribution in [-0.2, 0) is 10.3 Å². The van der Waals surface area contributed by atoms with Crippen molar-refractivity contribution in [3.63, 3.8) is 0 Å². The lowest BCUT2D eigenvalue weighted by Gasteiger charge is -2.38. The van der Waals surface area contributed by atoms with Gasteiger partial charge in [0.15, 0.2) is 0 Å². The molecule has 6 heteroatoms. The van der Waals surface area contributed by atoms with E-state index >= 15 is 0 Å². The van der Waals surface area contributed by atoms with Crippen LogP contribution < -0.4 is 15.4 Å². The number of nitrogens with zero attached hydrogens (tertiary/aromatic N) is 1. The van der Waals surface area contributed by atoms with Gasteiger partial charge in [0.1, 0.15) is 5.75 Å². The van der Waals surface area contributed by atoms with E-state index in [0.717, 1.165) is 22.4 Å². The number of amides is 2. The second kappa shape index (κ2) is 8.32. The number of hydrogen-bond acceptors (Lipinski definition) is 4. The zero-order chi connectivity index (χ0) is 20.1. The molecule has 6 nitrogen and oxygen atoms in total. The number of ether oxygens (including phenoxy) is 2. The third-order valence-electron chi connectivity index (χ3n) is 5.26. The Morgan fingerprint density at radius 1 is 1.14 bits per heavy atom. The van der Waals surface area contributed by atoms with Crippen molar-refractivity contribution in [3.8, 4) is 11.8 Å². The van der Waals surface area contributed by atoms with Crippen LogP contribution in [0.5, 0.6) is 5.75 Å². The molecule has 1 aliphatic heterocycles. The molecule has 1 aliphatic rings. The largest absolute Gasteiger partial charge is 0.496 e. The van der Waals surface area contributed by atoms with Gasteiger partial charge in [-0.3, -0.25) is 0 Å². The van der Waals surface area contributed by atoms with Crippen LogP contribution in [0.2, 0.25) is 0 Å². The Balaban J connectivity index is 1.83. The average molecular weight is 379 g/mol. The highest BCUT2D eigenvalue weighted by Crippen LogP contribution is 2.33. The van der Waals surface area contributed by atoms with E-state index in [1.807, 2.05) is 38.1 Å². The van der Waals surface area contributed by atoms with E-state index < -0.39 is 5.54 Å². The molecule has 0 radical (unpaired) electrons. The fraction of sp³-hybridized carbons (Fsp3) is 0.364. The maximum absolute atomic E-state index is 12.9. The summed E-state index contributed by atoms with van der Waals surface area (Å²) in [6.07, 6.45) is 1.34. The van der Waals surface area contributed by atoms with E-state index in [0.29, 0.717) is 37.3 Å². The summed E-state index contributed by atoms with van der Waals surface area (Å²) in [6.45, 7) is 5.06. The van der Waals surface area contributed by atoms with Gasteiger partial charge in [-0.1, -0.05) is 18.2 Å². The third kappa shape index (κ3) is 4.10. The van der Waals surface area contributed by atoms with Gasteiger partial charge in [-0.15, -0.1) is 0 Å². The lowest BCUT2D eigenvalue weighted by Crippen LogP contribution is -2.51. The summed E-state index contributed by atoms with van der Waals surface area (Å²) in [7, 11) is 1.61. The fourth-order valence-electron chi connectivity index (χ4n) is 3.63. The lowest BCUT2D eigenvalue weighted by molar-refractivity contribution is 0.0418. The molecule has 0 aromatic heterocycles. The van der Waals surface area contributed by atoms with Crippen molar-refractivity contribution in [2.24, 2.45) is 0 Å². The van der Waals surface area contributed by atoms with Crippen LogP contribution in [0.25, 0.3) is 0 Å². The topological polar surface area (TPSA) is 83.4 Å². The highest BCUT2D eigenvalue weighted by Gasteiger charge is 2.36. The molecule has 2 amide bonds. The Hall–Kier alpha value is -3.04. The monoisotopic (exact) mass is 379 g/mol. The highest BCUT2D eigenvalue weighted by atomic mass is 16.5. The molecule has 0 saturated carbocycles. The van der Waals surface area contributed by atoms with Crippen LogP contribution in [0.3, 0.4) is 0 Å². The van der Waals surface area contributed by atoms with E-state index in [4.69, 9.17) is 14.7 Å². The first-order chi connectivity index (χ1) is 13.5. The number of urea groups is 1. The minimum Gasteiger partial charge on any atom is -0.496 e. The summed E-state index contributed by atoms with van der Waals surface area (Å²) in [5.74, 6) is 0.730. The molecule has 2 aromatic carbocycles. The van der Waals surface area contributed by atoms with Crippen molar-refractivity contribution >= 4 is 11.7 Å². The van der Waals surface area contributed by atoms with Gasteiger partial charge < -0.3 is 20.1 Å². The molecule has 0 unspecified atom stereocenters. The molecule has 0 atom stereocenters. The number of carbonyl (C=O) groups is 1. The molecule has 0 bridgehead atoms. The van der Waals surface area contributed by atoms with Gasteiger partial charge in [0.2, 0.25) is 0 Å². The number of nitriles is 1. The standard InChI is InChI=1S/C22H25N3O3/c1-15-12-16(2)20(27-3)13-19(15)24-21(26)25-22(8-10-28-11-9-22)18-6-4-17(14-23)5-7-18/h4-7,12-13H,8-11H2,1-3H3,(H2,24,25,26). The molecular weight excluding hydrogens is 354 g/mol. The first kappa shape index (κ1) is 19.7. The summed E-state index contributed by atoms with van der Waals surface area (Å²) in [4.78, 5) is 12.9. The summed E-state index contributed by atoms with van der Waals surface area (Å²) in [6, 6.07) is 13.0. The van der Waals surface area contributed by atoms with Crippen molar-refractivity contribution in [1.82, 2.24) is 5.32 Å². The molecular formula is C22H25N3O3. The number of methoxy groups -OCH3 is 1. The zero-order valence-corrected chi connectivity index (χ0v) is 16.5. The van der Waals surface area contributed by atoms with Gasteiger partial charge in [0, 0.05) is 25.0 Å². The Morgan fingerprint density at radius 3 is 2.43 bits per heavy atom. The second-order valence-electron chi connectivity index (χ2n) is 7.10. The zero-order valence-electron chi connectivity index (χ0n) is 16.5. The number of nitrogens with one attached hydrogen (secondary N) is 2. The van der Waals surface area contributed by atoms with E-state index in [2.05, 4.69) is 16.7 Å². The third-order valence-corrected chi connectivity index (χ3v) is 5.26. The summed E-state index contributed by atoms with van der Waals surface area (Å²) < 4.78 is 10.9. The van der Waals surface area contributed by atoms with Gasteiger partial charge in [0.05, 0.1) is 24.3 Å². The number of rotatable bonds is 4. The first-order valence-corrected chi connectivity index (χ1v) is 9.30. The SMILES string of the molecule is COc1cc(NC(=O)NC2(c3ccc(C#N)cc3)CCOCC2)c(C)cc1C. The van der Waals surface area contributed by atoms with Crippen molar-refractivity contribution in [1.29, 1.82) is 5.26 Å². The van der Waals surface area contributed by atoms with Gasteiger partial charge in [0.25, 0.3) is 0 Å². The van der Waals surface area contributed by atoms with Crippen LogP contribution in [0.4, 0.5) is 10.5 Å². The Morgan fingerprint density at radius 2 is 1.82 bits per heavy atom. The Labute approximate surface area is 165 Å². The molecule has 28 heavy (non-hydrogen) atoms. The van der Waals surface area contributed by atoms with Crippen LogP contribution in [0.15, 0.2) is 36.4 Å². The number of carbonyl (C=O) groups excluding carboxylic acids is 1. The van der Waals surface area contributed by atoms with Crippen molar-refractivity contribution in [2.45, 2.75) is 32.2 Å². The predicted molar refractivity (Wildman–Crippen MR) is 108 cm³/mol. The normalized spacial score (nSPS) is 15.4.